The van der Waals surface area contributed by atoms with Crippen LogP contribution in [0, 0.1) is 0 Å². The average molecular weight is 165 g/mol. The number of aliphatic hydroxyl groups is 1. The SMILES string of the molecule is CC(C)(O)CCc1cccnc1. The minimum atomic E-state index is -0.574. The molecule has 2 heteroatoms. The van der Waals surface area contributed by atoms with E-state index in [4.69, 9.17) is 0 Å². The Labute approximate surface area is 73.3 Å². The highest BCUT2D eigenvalue weighted by atomic mass is 16.3. The maximum atomic E-state index is 9.46. The maximum absolute atomic E-state index is 9.46. The molecular formula is C10H15NO. The van der Waals surface area contributed by atoms with E-state index in [0.717, 1.165) is 12.8 Å². The molecule has 0 aromatic carbocycles. The number of aryl methyl sites for hydroxylation is 1. The van der Waals surface area contributed by atoms with Gasteiger partial charge in [-0.3, -0.25) is 4.98 Å². The van der Waals surface area contributed by atoms with Crippen LogP contribution < -0.4 is 0 Å². The van der Waals surface area contributed by atoms with Crippen molar-refractivity contribution in [2.45, 2.75) is 32.3 Å². The zero-order valence-electron chi connectivity index (χ0n) is 7.62. The van der Waals surface area contributed by atoms with Crippen LogP contribution in [0.5, 0.6) is 0 Å². The summed E-state index contributed by atoms with van der Waals surface area (Å²) in [6, 6.07) is 3.94. The van der Waals surface area contributed by atoms with E-state index in [-0.39, 0.29) is 0 Å². The molecule has 0 unspecified atom stereocenters. The van der Waals surface area contributed by atoms with E-state index in [1.54, 1.807) is 6.20 Å². The van der Waals surface area contributed by atoms with Crippen molar-refractivity contribution in [1.82, 2.24) is 4.98 Å². The summed E-state index contributed by atoms with van der Waals surface area (Å²) >= 11 is 0. The third-order valence-electron chi connectivity index (χ3n) is 1.75. The molecule has 0 aliphatic heterocycles. The van der Waals surface area contributed by atoms with Crippen LogP contribution in [0.3, 0.4) is 0 Å². The van der Waals surface area contributed by atoms with E-state index in [9.17, 15) is 5.11 Å². The Morgan fingerprint density at radius 2 is 2.25 bits per heavy atom. The molecule has 0 aliphatic rings. The van der Waals surface area contributed by atoms with Gasteiger partial charge >= 0.3 is 0 Å². The number of nitrogens with zero attached hydrogens (tertiary/aromatic N) is 1. The van der Waals surface area contributed by atoms with Crippen molar-refractivity contribution >= 4 is 0 Å². The summed E-state index contributed by atoms with van der Waals surface area (Å²) in [4.78, 5) is 4.00. The standard InChI is InChI=1S/C10H15NO/c1-10(2,12)6-5-9-4-3-7-11-8-9/h3-4,7-8,12H,5-6H2,1-2H3. The Morgan fingerprint density at radius 1 is 1.50 bits per heavy atom. The van der Waals surface area contributed by atoms with Gasteiger partial charge in [-0.25, -0.2) is 0 Å². The summed E-state index contributed by atoms with van der Waals surface area (Å²) in [5, 5.41) is 9.46. The fourth-order valence-electron chi connectivity index (χ4n) is 0.996. The van der Waals surface area contributed by atoms with Crippen LogP contribution in [-0.4, -0.2) is 15.7 Å². The van der Waals surface area contributed by atoms with Gasteiger partial charge in [0.15, 0.2) is 0 Å². The molecular weight excluding hydrogens is 150 g/mol. The predicted octanol–water partition coefficient (Wildman–Crippen LogP) is 1.79. The van der Waals surface area contributed by atoms with Crippen molar-refractivity contribution in [2.24, 2.45) is 0 Å². The van der Waals surface area contributed by atoms with Crippen molar-refractivity contribution in [2.75, 3.05) is 0 Å². The van der Waals surface area contributed by atoms with Gasteiger partial charge in [0.05, 0.1) is 5.60 Å². The molecule has 12 heavy (non-hydrogen) atoms. The zero-order chi connectivity index (χ0) is 9.03. The molecule has 0 bridgehead atoms. The van der Waals surface area contributed by atoms with Gasteiger partial charge in [0, 0.05) is 12.4 Å². The molecule has 1 heterocycles. The lowest BCUT2D eigenvalue weighted by atomic mass is 10.00. The highest BCUT2D eigenvalue weighted by molar-refractivity contribution is 5.08. The number of rotatable bonds is 3. The molecule has 1 N–H and O–H groups in total. The predicted molar refractivity (Wildman–Crippen MR) is 48.9 cm³/mol. The van der Waals surface area contributed by atoms with Crippen LogP contribution in [0.1, 0.15) is 25.8 Å². The first kappa shape index (κ1) is 9.20. The van der Waals surface area contributed by atoms with Gasteiger partial charge in [-0.1, -0.05) is 6.07 Å². The summed E-state index contributed by atoms with van der Waals surface area (Å²) in [6.07, 6.45) is 5.26. The van der Waals surface area contributed by atoms with Crippen LogP contribution in [0.4, 0.5) is 0 Å². The highest BCUT2D eigenvalue weighted by Crippen LogP contribution is 2.11. The molecule has 0 saturated heterocycles. The normalized spacial score (nSPS) is 11.6. The monoisotopic (exact) mass is 165 g/mol. The lowest BCUT2D eigenvalue weighted by molar-refractivity contribution is 0.0714. The molecule has 0 radical (unpaired) electrons. The summed E-state index contributed by atoms with van der Waals surface area (Å²) < 4.78 is 0. The first-order valence-corrected chi connectivity index (χ1v) is 4.19. The number of pyridine rings is 1. The molecule has 0 fully saturated rings. The summed E-state index contributed by atoms with van der Waals surface area (Å²) in [5.41, 5.74) is 0.607. The molecule has 0 amide bonds. The fourth-order valence-corrected chi connectivity index (χ4v) is 0.996. The van der Waals surface area contributed by atoms with Crippen LogP contribution in [0.25, 0.3) is 0 Å². The van der Waals surface area contributed by atoms with Gasteiger partial charge in [-0.15, -0.1) is 0 Å². The van der Waals surface area contributed by atoms with E-state index in [1.165, 1.54) is 5.56 Å². The van der Waals surface area contributed by atoms with Crippen molar-refractivity contribution in [3.05, 3.63) is 30.1 Å². The van der Waals surface area contributed by atoms with Gasteiger partial charge in [-0.2, -0.15) is 0 Å². The fraction of sp³-hybridized carbons (Fsp3) is 0.500. The van der Waals surface area contributed by atoms with Crippen molar-refractivity contribution in [3.8, 4) is 0 Å². The maximum Gasteiger partial charge on any atom is 0.0594 e. The highest BCUT2D eigenvalue weighted by Gasteiger charge is 2.11. The number of hydrogen-bond donors (Lipinski definition) is 1. The van der Waals surface area contributed by atoms with Crippen LogP contribution in [0.15, 0.2) is 24.5 Å². The second-order valence-electron chi connectivity index (χ2n) is 3.67. The van der Waals surface area contributed by atoms with Gasteiger partial charge in [0.25, 0.3) is 0 Å². The summed E-state index contributed by atoms with van der Waals surface area (Å²) in [5.74, 6) is 0. The summed E-state index contributed by atoms with van der Waals surface area (Å²) in [7, 11) is 0. The Balaban J connectivity index is 2.44. The van der Waals surface area contributed by atoms with Gasteiger partial charge in [-0.05, 0) is 38.3 Å². The van der Waals surface area contributed by atoms with Gasteiger partial charge in [0.2, 0.25) is 0 Å². The Hall–Kier alpha value is -0.890. The number of hydrogen-bond acceptors (Lipinski definition) is 2. The van der Waals surface area contributed by atoms with E-state index in [2.05, 4.69) is 4.98 Å². The molecule has 2 nitrogen and oxygen atoms in total. The minimum absolute atomic E-state index is 0.574. The zero-order valence-corrected chi connectivity index (χ0v) is 7.62. The van der Waals surface area contributed by atoms with Gasteiger partial charge in [0.1, 0.15) is 0 Å². The first-order valence-electron chi connectivity index (χ1n) is 4.19. The van der Waals surface area contributed by atoms with Crippen LogP contribution in [-0.2, 0) is 6.42 Å². The Bertz CT molecular complexity index is 225. The molecule has 0 atom stereocenters. The number of aromatic nitrogens is 1. The van der Waals surface area contributed by atoms with Gasteiger partial charge < -0.3 is 5.11 Å². The van der Waals surface area contributed by atoms with E-state index in [0.29, 0.717) is 0 Å². The molecule has 66 valence electrons. The minimum Gasteiger partial charge on any atom is -0.390 e. The molecule has 1 aromatic heterocycles. The van der Waals surface area contributed by atoms with Crippen LogP contribution in [0.2, 0.25) is 0 Å². The van der Waals surface area contributed by atoms with Crippen LogP contribution >= 0.6 is 0 Å². The topological polar surface area (TPSA) is 33.1 Å². The van der Waals surface area contributed by atoms with Crippen molar-refractivity contribution in [1.29, 1.82) is 0 Å². The molecule has 1 aromatic rings. The van der Waals surface area contributed by atoms with E-state index >= 15 is 0 Å². The smallest absolute Gasteiger partial charge is 0.0594 e. The van der Waals surface area contributed by atoms with E-state index in [1.807, 2.05) is 32.2 Å². The van der Waals surface area contributed by atoms with Crippen molar-refractivity contribution in [3.63, 3.8) is 0 Å². The van der Waals surface area contributed by atoms with Crippen molar-refractivity contribution < 1.29 is 5.11 Å². The lowest BCUT2D eigenvalue weighted by Crippen LogP contribution is -2.19. The van der Waals surface area contributed by atoms with E-state index < -0.39 is 5.60 Å². The second-order valence-corrected chi connectivity index (χ2v) is 3.67. The molecule has 1 rings (SSSR count). The molecule has 0 aliphatic carbocycles. The molecule has 0 spiro atoms. The second kappa shape index (κ2) is 3.68. The third kappa shape index (κ3) is 3.49. The summed E-state index contributed by atoms with van der Waals surface area (Å²) in [6.45, 7) is 3.65. The molecule has 0 saturated carbocycles. The average Bonchev–Trinajstić information content (AvgIpc) is 2.02. The third-order valence-corrected chi connectivity index (χ3v) is 1.75. The quantitative estimate of drug-likeness (QED) is 0.740. The largest absolute Gasteiger partial charge is 0.390 e. The lowest BCUT2D eigenvalue weighted by Gasteiger charge is -2.16. The first-order chi connectivity index (χ1) is 5.58. The Morgan fingerprint density at radius 3 is 2.75 bits per heavy atom. The Kier molecular flexibility index (Phi) is 2.82.